The van der Waals surface area contributed by atoms with Gasteiger partial charge in [-0.1, -0.05) is 187 Å². The third-order valence-corrected chi connectivity index (χ3v) is 12.3. The highest BCUT2D eigenvalue weighted by molar-refractivity contribution is 5.98. The Morgan fingerprint density at radius 2 is 1.03 bits per heavy atom. The predicted octanol–water partition coefficient (Wildman–Crippen LogP) is 16.4. The highest BCUT2D eigenvalue weighted by Crippen LogP contribution is 2.44. The smallest absolute Gasteiger partial charge is 0.149 e. The first-order valence-corrected chi connectivity index (χ1v) is 22.0. The molecule has 0 bridgehead atoms. The largest absolute Gasteiger partial charge is 0.507 e. The van der Waals surface area contributed by atoms with Crippen molar-refractivity contribution in [2.45, 2.75) is 52.2 Å². The fourth-order valence-corrected chi connectivity index (χ4v) is 8.81. The molecule has 10 rings (SSSR count). The van der Waals surface area contributed by atoms with Crippen LogP contribution < -0.4 is 0 Å². The first-order valence-electron chi connectivity index (χ1n) is 26.5. The summed E-state index contributed by atoms with van der Waals surface area (Å²) in [5.41, 5.74) is 9.21. The van der Waals surface area contributed by atoms with Gasteiger partial charge in [-0.2, -0.15) is 0 Å². The second-order valence-corrected chi connectivity index (χ2v) is 17.8. The normalized spacial score (nSPS) is 14.4. The number of hydrogen-bond donors (Lipinski definition) is 1. The molecule has 4 heteroatoms. The van der Waals surface area contributed by atoms with Crippen LogP contribution >= 0.6 is 0 Å². The zero-order valence-corrected chi connectivity index (χ0v) is 36.9. The number of imidazole rings is 1. The van der Waals surface area contributed by atoms with Gasteiger partial charge in [-0.15, -0.1) is 0 Å². The number of nitrogens with zero attached hydrogens (tertiary/aromatic N) is 3. The maximum Gasteiger partial charge on any atom is 0.149 e. The molecule has 0 fully saturated rings. The molecule has 10 aromatic rings. The number of phenolic OH excluding ortho intramolecular Hbond substituents is 1. The predicted molar refractivity (Wildman–Crippen MR) is 276 cm³/mol. The summed E-state index contributed by atoms with van der Waals surface area (Å²) in [6.45, 7) is -4.49. The number of aromatic hydroxyl groups is 1. The van der Waals surface area contributed by atoms with Crippen molar-refractivity contribution in [3.05, 3.63) is 218 Å². The van der Waals surface area contributed by atoms with Crippen LogP contribution in [0, 0.1) is 0 Å². The molecule has 1 N–H and O–H groups in total. The van der Waals surface area contributed by atoms with Crippen LogP contribution in [0.25, 0.3) is 95.0 Å². The van der Waals surface area contributed by atoms with E-state index in [4.69, 9.17) is 22.3 Å². The van der Waals surface area contributed by atoms with E-state index >= 15 is 0 Å². The average Bonchev–Trinajstić information content (AvgIpc) is 3.91. The number of benzene rings is 8. The molecule has 0 aliphatic carbocycles. The van der Waals surface area contributed by atoms with E-state index in [2.05, 4.69) is 99.6 Å². The van der Waals surface area contributed by atoms with Gasteiger partial charge in [0, 0.05) is 35.2 Å². The summed E-state index contributed by atoms with van der Waals surface area (Å²) in [5.74, 6) is -0.694. The molecular weight excluding hydrogens is 803 g/mol. The van der Waals surface area contributed by atoms with Gasteiger partial charge in [0.25, 0.3) is 0 Å². The van der Waals surface area contributed by atoms with Gasteiger partial charge in [-0.25, -0.2) is 4.98 Å². The minimum Gasteiger partial charge on any atom is -0.507 e. The van der Waals surface area contributed by atoms with Crippen molar-refractivity contribution in [1.82, 2.24) is 14.5 Å². The highest BCUT2D eigenvalue weighted by Gasteiger charge is 2.27. The Balaban J connectivity index is 1.24. The van der Waals surface area contributed by atoms with Gasteiger partial charge in [0.1, 0.15) is 11.6 Å². The summed E-state index contributed by atoms with van der Waals surface area (Å²) in [6.07, 6.45) is 1.81. The van der Waals surface area contributed by atoms with Gasteiger partial charge < -0.3 is 5.11 Å². The lowest BCUT2D eigenvalue weighted by Gasteiger charge is -2.24. The Bertz CT molecular complexity index is 3670. The molecule has 0 aliphatic heterocycles. The third-order valence-electron chi connectivity index (χ3n) is 12.3. The van der Waals surface area contributed by atoms with Crippen LogP contribution in [0.5, 0.6) is 5.75 Å². The van der Waals surface area contributed by atoms with E-state index in [-0.39, 0.29) is 16.8 Å². The standard InChI is InChI=1S/C62H53N3O/c1-61(2,3)50-32-33-56(53(40-50)45-22-14-9-15-23-45)65-57-27-17-24-51(58(57)64-60(65)52-25-16-26-54(59(52)66)62(4,5)6)48-36-47(42-20-12-8-13-21-42)37-49(38-48)55-39-46(34-35-63-55)44-30-28-43(29-31-44)41-18-10-7-11-19-41/h7-40,66H,1-6H3/i4D3,5D3,6D3. The lowest BCUT2D eigenvalue weighted by molar-refractivity contribution is 0.448. The van der Waals surface area contributed by atoms with Crippen molar-refractivity contribution in [1.29, 1.82) is 0 Å². The summed E-state index contributed by atoms with van der Waals surface area (Å²) in [5, 5.41) is 12.6. The molecule has 0 aliphatic rings. The Kier molecular flexibility index (Phi) is 8.42. The number of fused-ring (bicyclic) bond motifs is 1. The first-order chi connectivity index (χ1) is 35.7. The second kappa shape index (κ2) is 17.0. The van der Waals surface area contributed by atoms with Crippen LogP contribution in [0.1, 0.15) is 64.8 Å². The Morgan fingerprint density at radius 3 is 1.70 bits per heavy atom. The first kappa shape index (κ1) is 32.8. The summed E-state index contributed by atoms with van der Waals surface area (Å²) in [7, 11) is 0. The quantitative estimate of drug-likeness (QED) is 0.166. The lowest BCUT2D eigenvalue weighted by Crippen LogP contribution is -2.12. The average molecular weight is 865 g/mol. The Hall–Kier alpha value is -7.82. The van der Waals surface area contributed by atoms with Crippen LogP contribution in [0.15, 0.2) is 206 Å². The number of para-hydroxylation sites is 2. The molecule has 322 valence electrons. The van der Waals surface area contributed by atoms with Crippen LogP contribution in [0.4, 0.5) is 0 Å². The number of rotatable bonds is 8. The lowest BCUT2D eigenvalue weighted by atomic mass is 9.84. The van der Waals surface area contributed by atoms with Crippen molar-refractivity contribution < 1.29 is 17.4 Å². The SMILES string of the molecule is [2H]C([2H])([2H])C(c1cccc(-c2nc3c(-c4cc(-c5ccccc5)cc(-c5cc(-c6ccc(-c7ccccc7)cc6)ccn5)c4)cccc3n2-c2ccc(C(C)(C)C)cc2-c2ccccc2)c1O)(C([2H])([2H])[2H])C([2H])([2H])[2H]. The molecule has 0 atom stereocenters. The molecule has 66 heavy (non-hydrogen) atoms. The number of aromatic nitrogens is 3. The third kappa shape index (κ3) is 8.12. The summed E-state index contributed by atoms with van der Waals surface area (Å²) in [6, 6.07) is 64.9. The van der Waals surface area contributed by atoms with E-state index in [9.17, 15) is 5.11 Å². The minimum absolute atomic E-state index is 0.0628. The Labute approximate surface area is 401 Å². The van der Waals surface area contributed by atoms with E-state index in [1.165, 1.54) is 12.1 Å². The molecular formula is C62H53N3O. The topological polar surface area (TPSA) is 50.9 Å². The van der Waals surface area contributed by atoms with Crippen LogP contribution in [0.2, 0.25) is 0 Å². The van der Waals surface area contributed by atoms with Crippen molar-refractivity contribution in [2.75, 3.05) is 0 Å². The van der Waals surface area contributed by atoms with E-state index < -0.39 is 37.3 Å². The minimum atomic E-state index is -3.63. The van der Waals surface area contributed by atoms with E-state index in [0.29, 0.717) is 22.3 Å². The maximum atomic E-state index is 12.6. The van der Waals surface area contributed by atoms with Gasteiger partial charge in [-0.3, -0.25) is 9.55 Å². The van der Waals surface area contributed by atoms with Crippen molar-refractivity contribution in [2.24, 2.45) is 0 Å². The highest BCUT2D eigenvalue weighted by atomic mass is 16.3. The van der Waals surface area contributed by atoms with Crippen molar-refractivity contribution in [3.63, 3.8) is 0 Å². The van der Waals surface area contributed by atoms with Crippen LogP contribution in [-0.2, 0) is 10.8 Å². The van der Waals surface area contributed by atoms with Crippen LogP contribution in [-0.4, -0.2) is 19.6 Å². The molecule has 0 spiro atoms. The zero-order valence-electron chi connectivity index (χ0n) is 45.9. The summed E-state index contributed by atoms with van der Waals surface area (Å²) >= 11 is 0. The second-order valence-electron chi connectivity index (χ2n) is 17.8. The summed E-state index contributed by atoms with van der Waals surface area (Å²) in [4.78, 5) is 10.3. The molecule has 0 saturated carbocycles. The van der Waals surface area contributed by atoms with Crippen LogP contribution in [0.3, 0.4) is 0 Å². The molecule has 0 amide bonds. The van der Waals surface area contributed by atoms with E-state index in [0.717, 1.165) is 73.0 Å². The molecule has 8 aromatic carbocycles. The number of hydrogen-bond acceptors (Lipinski definition) is 3. The molecule has 2 heterocycles. The fourth-order valence-electron chi connectivity index (χ4n) is 8.81. The van der Waals surface area contributed by atoms with Crippen molar-refractivity contribution >= 4 is 11.0 Å². The number of phenols is 1. The zero-order chi connectivity index (χ0) is 53.1. The van der Waals surface area contributed by atoms with Gasteiger partial charge in [-0.05, 0) is 121 Å². The maximum absolute atomic E-state index is 12.6. The molecule has 2 aromatic heterocycles. The monoisotopic (exact) mass is 864 g/mol. The Morgan fingerprint density at radius 1 is 0.455 bits per heavy atom. The van der Waals surface area contributed by atoms with Gasteiger partial charge in [0.2, 0.25) is 0 Å². The number of pyridine rings is 1. The fraction of sp³-hybridized carbons (Fsp3) is 0.129. The molecule has 0 unspecified atom stereocenters. The van der Waals surface area contributed by atoms with Gasteiger partial charge in [0.15, 0.2) is 0 Å². The van der Waals surface area contributed by atoms with Gasteiger partial charge >= 0.3 is 0 Å². The van der Waals surface area contributed by atoms with Crippen molar-refractivity contribution in [3.8, 4) is 89.7 Å². The van der Waals surface area contributed by atoms with E-state index in [1.54, 1.807) is 0 Å². The molecule has 0 radical (unpaired) electrons. The van der Waals surface area contributed by atoms with Gasteiger partial charge in [0.05, 0.1) is 28.0 Å². The summed E-state index contributed by atoms with van der Waals surface area (Å²) < 4.78 is 79.0. The van der Waals surface area contributed by atoms with E-state index in [1.807, 2.05) is 114 Å². The molecule has 0 saturated heterocycles. The molecule has 4 nitrogen and oxygen atoms in total.